The molecule has 0 aliphatic heterocycles. The van der Waals surface area contributed by atoms with Crippen LogP contribution in [-0.2, 0) is 6.42 Å². The van der Waals surface area contributed by atoms with Crippen LogP contribution in [0.25, 0.3) is 0 Å². The minimum absolute atomic E-state index is 0.241. The molecule has 1 nitrogen and oxygen atoms in total. The van der Waals surface area contributed by atoms with Crippen LogP contribution in [0.2, 0.25) is 0 Å². The van der Waals surface area contributed by atoms with E-state index in [1.54, 1.807) is 0 Å². The summed E-state index contributed by atoms with van der Waals surface area (Å²) in [5, 5.41) is 3.69. The van der Waals surface area contributed by atoms with Gasteiger partial charge >= 0.3 is 0 Å². The Morgan fingerprint density at radius 3 is 2.57 bits per heavy atom. The van der Waals surface area contributed by atoms with Gasteiger partial charge in [0.05, 0.1) is 6.04 Å². The molecule has 21 heavy (non-hydrogen) atoms. The van der Waals surface area contributed by atoms with E-state index in [2.05, 4.69) is 84.5 Å². The fourth-order valence-corrected chi connectivity index (χ4v) is 3.07. The number of nitrogens with one attached hydrogen (secondary N) is 1. The Labute approximate surface area is 136 Å². The van der Waals surface area contributed by atoms with Gasteiger partial charge < -0.3 is 5.32 Å². The molecule has 0 amide bonds. The molecule has 2 rings (SSSR count). The maximum absolute atomic E-state index is 3.77. The first-order valence-electron chi connectivity index (χ1n) is 7.74. The average molecular weight is 346 g/mol. The highest BCUT2D eigenvalue weighted by Gasteiger charge is 2.17. The van der Waals surface area contributed by atoms with E-state index < -0.39 is 0 Å². The van der Waals surface area contributed by atoms with Crippen molar-refractivity contribution in [1.29, 1.82) is 0 Å². The van der Waals surface area contributed by atoms with Crippen LogP contribution >= 0.6 is 15.9 Å². The Kier molecular flexibility index (Phi) is 6.01. The molecule has 0 heterocycles. The number of aryl methyl sites for hydroxylation is 2. The summed E-state index contributed by atoms with van der Waals surface area (Å²) in [6, 6.07) is 15.6. The largest absolute Gasteiger partial charge is 0.306 e. The van der Waals surface area contributed by atoms with E-state index in [-0.39, 0.29) is 6.04 Å². The van der Waals surface area contributed by atoms with Crippen LogP contribution in [0.5, 0.6) is 0 Å². The van der Waals surface area contributed by atoms with Gasteiger partial charge in [0.2, 0.25) is 0 Å². The fraction of sp³-hybridized carbons (Fsp3) is 0.368. The monoisotopic (exact) mass is 345 g/mol. The van der Waals surface area contributed by atoms with Crippen LogP contribution in [0.3, 0.4) is 0 Å². The van der Waals surface area contributed by atoms with Crippen molar-refractivity contribution in [1.82, 2.24) is 5.32 Å². The van der Waals surface area contributed by atoms with Crippen molar-refractivity contribution >= 4 is 15.9 Å². The molecular formula is C19H24BrN. The molecule has 1 unspecified atom stereocenters. The van der Waals surface area contributed by atoms with Gasteiger partial charge in [0.1, 0.15) is 0 Å². The summed E-state index contributed by atoms with van der Waals surface area (Å²) in [6.45, 7) is 7.57. The average Bonchev–Trinajstić information content (AvgIpc) is 2.52. The Morgan fingerprint density at radius 1 is 1.10 bits per heavy atom. The maximum Gasteiger partial charge on any atom is 0.0588 e. The van der Waals surface area contributed by atoms with Gasteiger partial charge in [-0.15, -0.1) is 0 Å². The second kappa shape index (κ2) is 7.77. The summed E-state index contributed by atoms with van der Waals surface area (Å²) in [6.07, 6.45) is 2.21. The molecule has 0 radical (unpaired) electrons. The van der Waals surface area contributed by atoms with Crippen LogP contribution in [0.15, 0.2) is 46.9 Å². The zero-order chi connectivity index (χ0) is 15.2. The van der Waals surface area contributed by atoms with E-state index in [0.29, 0.717) is 0 Å². The highest BCUT2D eigenvalue weighted by atomic mass is 79.9. The maximum atomic E-state index is 3.77. The van der Waals surface area contributed by atoms with Crippen molar-refractivity contribution in [2.75, 3.05) is 6.54 Å². The lowest BCUT2D eigenvalue weighted by Crippen LogP contribution is -2.23. The van der Waals surface area contributed by atoms with Gasteiger partial charge in [-0.25, -0.2) is 0 Å². The third-order valence-electron chi connectivity index (χ3n) is 3.82. The first-order valence-corrected chi connectivity index (χ1v) is 8.53. The van der Waals surface area contributed by atoms with Crippen LogP contribution in [-0.4, -0.2) is 6.54 Å². The summed E-state index contributed by atoms with van der Waals surface area (Å²) >= 11 is 3.77. The summed E-state index contributed by atoms with van der Waals surface area (Å²) in [5.41, 5.74) is 5.33. The predicted molar refractivity (Wildman–Crippen MR) is 94.8 cm³/mol. The van der Waals surface area contributed by atoms with E-state index in [4.69, 9.17) is 0 Å². The zero-order valence-corrected chi connectivity index (χ0v) is 14.7. The first-order chi connectivity index (χ1) is 10.2. The number of hydrogen-bond acceptors (Lipinski definition) is 1. The normalized spacial score (nSPS) is 12.4. The molecular weight excluding hydrogens is 322 g/mol. The highest BCUT2D eigenvalue weighted by molar-refractivity contribution is 9.10. The fourth-order valence-electron chi connectivity index (χ4n) is 2.58. The summed E-state index contributed by atoms with van der Waals surface area (Å²) in [5.74, 6) is 0. The molecule has 0 saturated heterocycles. The molecule has 0 aliphatic carbocycles. The van der Waals surface area contributed by atoms with Gasteiger partial charge in [-0.2, -0.15) is 0 Å². The summed E-state index contributed by atoms with van der Waals surface area (Å²) in [7, 11) is 0. The molecule has 0 spiro atoms. The van der Waals surface area contributed by atoms with Crippen LogP contribution < -0.4 is 5.32 Å². The van der Waals surface area contributed by atoms with Gasteiger partial charge in [-0.05, 0) is 48.6 Å². The minimum Gasteiger partial charge on any atom is -0.306 e. The van der Waals surface area contributed by atoms with E-state index in [0.717, 1.165) is 19.4 Å². The molecule has 2 aromatic carbocycles. The molecule has 1 N–H and O–H groups in total. The van der Waals surface area contributed by atoms with E-state index in [1.807, 2.05) is 0 Å². The summed E-state index contributed by atoms with van der Waals surface area (Å²) < 4.78 is 1.21. The Bertz CT molecular complexity index is 592. The number of halogens is 1. The molecule has 0 bridgehead atoms. The Balaban J connectivity index is 2.44. The van der Waals surface area contributed by atoms with Gasteiger partial charge in [-0.3, -0.25) is 0 Å². The van der Waals surface area contributed by atoms with Gasteiger partial charge in [-0.1, -0.05) is 72.2 Å². The van der Waals surface area contributed by atoms with E-state index in [9.17, 15) is 0 Å². The van der Waals surface area contributed by atoms with Crippen LogP contribution in [0.4, 0.5) is 0 Å². The molecule has 0 aromatic heterocycles. The van der Waals surface area contributed by atoms with Gasteiger partial charge in [0.15, 0.2) is 0 Å². The summed E-state index contributed by atoms with van der Waals surface area (Å²) in [4.78, 5) is 0. The van der Waals surface area contributed by atoms with E-state index >= 15 is 0 Å². The smallest absolute Gasteiger partial charge is 0.0588 e. The molecule has 2 aromatic rings. The molecule has 0 aliphatic rings. The van der Waals surface area contributed by atoms with Crippen molar-refractivity contribution < 1.29 is 0 Å². The molecule has 2 heteroatoms. The van der Waals surface area contributed by atoms with Crippen molar-refractivity contribution in [3.8, 4) is 0 Å². The second-order valence-electron chi connectivity index (χ2n) is 5.46. The number of hydrogen-bond donors (Lipinski definition) is 1. The molecule has 1 atom stereocenters. The first kappa shape index (κ1) is 16.3. The molecule has 0 fully saturated rings. The predicted octanol–water partition coefficient (Wildman–Crippen LogP) is 5.41. The van der Waals surface area contributed by atoms with Crippen molar-refractivity contribution in [3.63, 3.8) is 0 Å². The van der Waals surface area contributed by atoms with E-state index in [1.165, 1.54) is 26.7 Å². The Morgan fingerprint density at radius 2 is 1.86 bits per heavy atom. The van der Waals surface area contributed by atoms with Gasteiger partial charge in [0.25, 0.3) is 0 Å². The van der Waals surface area contributed by atoms with Crippen molar-refractivity contribution in [2.24, 2.45) is 0 Å². The molecule has 112 valence electrons. The zero-order valence-electron chi connectivity index (χ0n) is 13.1. The number of rotatable bonds is 6. The Hall–Kier alpha value is -1.12. The highest BCUT2D eigenvalue weighted by Crippen LogP contribution is 2.31. The van der Waals surface area contributed by atoms with Crippen LogP contribution in [0, 0.1) is 6.92 Å². The minimum atomic E-state index is 0.241. The third-order valence-corrected chi connectivity index (χ3v) is 4.91. The van der Waals surface area contributed by atoms with Crippen molar-refractivity contribution in [2.45, 2.75) is 39.7 Å². The SMILES string of the molecule is CCCNC(c1cccc(CC)c1)c1cccc(C)c1Br. The second-order valence-corrected chi connectivity index (χ2v) is 6.26. The lowest BCUT2D eigenvalue weighted by Gasteiger charge is -2.22. The number of benzene rings is 2. The molecule has 0 saturated carbocycles. The standard InChI is InChI=1S/C19H24BrN/c1-4-12-21-19(16-10-7-9-15(5-2)13-16)17-11-6-8-14(3)18(17)20/h6-11,13,19,21H,4-5,12H2,1-3H3. The van der Waals surface area contributed by atoms with Gasteiger partial charge in [0, 0.05) is 4.47 Å². The topological polar surface area (TPSA) is 12.0 Å². The van der Waals surface area contributed by atoms with Crippen molar-refractivity contribution in [3.05, 3.63) is 69.2 Å². The van der Waals surface area contributed by atoms with Crippen LogP contribution in [0.1, 0.15) is 48.6 Å². The lowest BCUT2D eigenvalue weighted by molar-refractivity contribution is 0.596. The lowest BCUT2D eigenvalue weighted by atomic mass is 9.95. The third kappa shape index (κ3) is 3.96. The quantitative estimate of drug-likeness (QED) is 0.737.